The van der Waals surface area contributed by atoms with E-state index in [-0.39, 0.29) is 28.1 Å². The van der Waals surface area contributed by atoms with E-state index in [1.165, 1.54) is 24.1 Å². The lowest BCUT2D eigenvalue weighted by molar-refractivity contribution is -0.132. The molecule has 1 N–H and O–H groups in total. The Hall–Kier alpha value is -3.84. The zero-order chi connectivity index (χ0) is 24.9. The topological polar surface area (TPSA) is 76.1 Å². The third kappa shape index (κ3) is 3.91. The van der Waals surface area contributed by atoms with Crippen LogP contribution < -0.4 is 14.4 Å². The van der Waals surface area contributed by atoms with Crippen LogP contribution in [0, 0.1) is 5.82 Å². The molecule has 35 heavy (non-hydrogen) atoms. The van der Waals surface area contributed by atoms with Crippen molar-refractivity contribution < 1.29 is 28.6 Å². The highest BCUT2D eigenvalue weighted by molar-refractivity contribution is 6.51. The third-order valence-electron chi connectivity index (χ3n) is 6.23. The van der Waals surface area contributed by atoms with Crippen molar-refractivity contribution in [2.75, 3.05) is 12.0 Å². The van der Waals surface area contributed by atoms with E-state index in [2.05, 4.69) is 0 Å². The molecule has 6 nitrogen and oxygen atoms in total. The molecule has 5 rings (SSSR count). The van der Waals surface area contributed by atoms with Crippen LogP contribution in [0.5, 0.6) is 11.5 Å². The van der Waals surface area contributed by atoms with Gasteiger partial charge in [0.1, 0.15) is 29.2 Å². The number of nitrogens with zero attached hydrogens (tertiary/aromatic N) is 1. The summed E-state index contributed by atoms with van der Waals surface area (Å²) in [6.45, 7) is 1.95. The maximum atomic E-state index is 13.9. The van der Waals surface area contributed by atoms with Crippen molar-refractivity contribution in [2.45, 2.75) is 25.5 Å². The van der Waals surface area contributed by atoms with Gasteiger partial charge in [0.25, 0.3) is 11.7 Å². The Morgan fingerprint density at radius 1 is 1.11 bits per heavy atom. The molecule has 0 saturated carbocycles. The number of amides is 1. The van der Waals surface area contributed by atoms with E-state index in [0.717, 1.165) is 17.4 Å². The smallest absolute Gasteiger partial charge is 0.300 e. The molecule has 1 amide bonds. The molecule has 0 spiro atoms. The van der Waals surface area contributed by atoms with Crippen molar-refractivity contribution in [2.24, 2.45) is 0 Å². The van der Waals surface area contributed by atoms with Crippen LogP contribution in [0.1, 0.15) is 29.7 Å². The van der Waals surface area contributed by atoms with Crippen LogP contribution in [-0.2, 0) is 16.0 Å². The number of hydrogen-bond donors (Lipinski definition) is 1. The van der Waals surface area contributed by atoms with Crippen molar-refractivity contribution in [3.63, 3.8) is 0 Å². The predicted octanol–water partition coefficient (Wildman–Crippen LogP) is 5.44. The lowest BCUT2D eigenvalue weighted by Crippen LogP contribution is -2.29. The van der Waals surface area contributed by atoms with Crippen LogP contribution in [0.3, 0.4) is 0 Å². The average Bonchev–Trinajstić information content (AvgIpc) is 3.36. The van der Waals surface area contributed by atoms with E-state index >= 15 is 0 Å². The molecule has 2 heterocycles. The Balaban J connectivity index is 1.69. The molecule has 178 valence electrons. The van der Waals surface area contributed by atoms with Gasteiger partial charge in [0.05, 0.1) is 23.7 Å². The summed E-state index contributed by atoms with van der Waals surface area (Å²) in [5.74, 6) is -1.35. The summed E-state index contributed by atoms with van der Waals surface area (Å²) >= 11 is 5.98. The number of anilines is 1. The lowest BCUT2D eigenvalue weighted by Gasteiger charge is -2.25. The van der Waals surface area contributed by atoms with Gasteiger partial charge in [0, 0.05) is 17.7 Å². The van der Waals surface area contributed by atoms with Crippen molar-refractivity contribution in [1.82, 2.24) is 0 Å². The SMILES string of the molecule is COc1ccc(C2/C(=C(/O)c3ccc4c(c3)CC(C)O4)C(=O)C(=O)N2c2ccc(F)c(Cl)c2)cc1. The maximum absolute atomic E-state index is 13.9. The second-order valence-corrected chi connectivity index (χ2v) is 8.90. The number of hydrogen-bond acceptors (Lipinski definition) is 5. The molecule has 1 fully saturated rings. The van der Waals surface area contributed by atoms with Gasteiger partial charge in [-0.05, 0) is 66.6 Å². The number of rotatable bonds is 4. The number of halogens is 2. The average molecular weight is 494 g/mol. The molecule has 8 heteroatoms. The van der Waals surface area contributed by atoms with Gasteiger partial charge in [-0.1, -0.05) is 23.7 Å². The molecule has 2 atom stereocenters. The summed E-state index contributed by atoms with van der Waals surface area (Å²) in [6, 6.07) is 14.8. The van der Waals surface area contributed by atoms with Crippen LogP contribution >= 0.6 is 11.6 Å². The largest absolute Gasteiger partial charge is 0.507 e. The van der Waals surface area contributed by atoms with Gasteiger partial charge in [-0.3, -0.25) is 14.5 Å². The monoisotopic (exact) mass is 493 g/mol. The quantitative estimate of drug-likeness (QED) is 0.297. The summed E-state index contributed by atoms with van der Waals surface area (Å²) < 4.78 is 24.8. The van der Waals surface area contributed by atoms with Crippen LogP contribution in [0.4, 0.5) is 10.1 Å². The maximum Gasteiger partial charge on any atom is 0.300 e. The number of aliphatic hydroxyl groups excluding tert-OH is 1. The summed E-state index contributed by atoms with van der Waals surface area (Å²) in [4.78, 5) is 27.7. The Kier molecular flexibility index (Phi) is 5.73. The Morgan fingerprint density at radius 3 is 2.54 bits per heavy atom. The van der Waals surface area contributed by atoms with Gasteiger partial charge in [-0.2, -0.15) is 0 Å². The summed E-state index contributed by atoms with van der Waals surface area (Å²) in [5, 5.41) is 11.1. The number of ether oxygens (including phenoxy) is 2. The van der Waals surface area contributed by atoms with Gasteiger partial charge in [0.2, 0.25) is 0 Å². The van der Waals surface area contributed by atoms with E-state index in [4.69, 9.17) is 21.1 Å². The lowest BCUT2D eigenvalue weighted by atomic mass is 9.94. The summed E-state index contributed by atoms with van der Waals surface area (Å²) in [5.41, 5.74) is 2.02. The van der Waals surface area contributed by atoms with Crippen LogP contribution in [-0.4, -0.2) is 30.0 Å². The van der Waals surface area contributed by atoms with Gasteiger partial charge in [-0.25, -0.2) is 4.39 Å². The minimum absolute atomic E-state index is 0.00972. The van der Waals surface area contributed by atoms with E-state index in [9.17, 15) is 19.1 Å². The van der Waals surface area contributed by atoms with Crippen molar-refractivity contribution in [1.29, 1.82) is 0 Å². The second kappa shape index (κ2) is 8.74. The first-order chi connectivity index (χ1) is 16.8. The highest BCUT2D eigenvalue weighted by Gasteiger charge is 2.47. The second-order valence-electron chi connectivity index (χ2n) is 8.50. The highest BCUT2D eigenvalue weighted by atomic mass is 35.5. The molecule has 2 unspecified atom stereocenters. The third-order valence-corrected chi connectivity index (χ3v) is 6.52. The number of carbonyl (C=O) groups is 2. The molecule has 0 aliphatic carbocycles. The number of benzene rings is 3. The van der Waals surface area contributed by atoms with Crippen molar-refractivity contribution in [3.05, 3.63) is 93.8 Å². The first kappa shape index (κ1) is 22.9. The fraction of sp³-hybridized carbons (Fsp3) is 0.185. The number of fused-ring (bicyclic) bond motifs is 1. The van der Waals surface area contributed by atoms with E-state index in [1.54, 1.807) is 42.5 Å². The minimum Gasteiger partial charge on any atom is -0.507 e. The van der Waals surface area contributed by atoms with E-state index < -0.39 is 23.5 Å². The zero-order valence-electron chi connectivity index (χ0n) is 18.9. The van der Waals surface area contributed by atoms with Gasteiger partial charge < -0.3 is 14.6 Å². The first-order valence-corrected chi connectivity index (χ1v) is 11.4. The molecule has 0 bridgehead atoms. The molecule has 2 aliphatic heterocycles. The Bertz CT molecular complexity index is 1380. The van der Waals surface area contributed by atoms with E-state index in [0.29, 0.717) is 23.3 Å². The normalized spacial score (nSPS) is 20.6. The summed E-state index contributed by atoms with van der Waals surface area (Å²) in [6.07, 6.45) is 0.677. The standard InChI is InChI=1S/C27H21ClFNO5/c1-14-11-17-12-16(5-10-22(17)35-14)25(31)23-24(15-3-7-19(34-2)8-4-15)30(27(33)26(23)32)18-6-9-21(29)20(28)13-18/h3-10,12-14,24,31H,11H2,1-2H3/b25-23-. The summed E-state index contributed by atoms with van der Waals surface area (Å²) in [7, 11) is 1.53. The number of aliphatic hydroxyl groups is 1. The minimum atomic E-state index is -0.967. The Morgan fingerprint density at radius 2 is 1.86 bits per heavy atom. The fourth-order valence-corrected chi connectivity index (χ4v) is 4.73. The molecular weight excluding hydrogens is 473 g/mol. The fourth-order valence-electron chi connectivity index (χ4n) is 4.56. The molecule has 3 aromatic rings. The number of methoxy groups -OCH3 is 1. The van der Waals surface area contributed by atoms with E-state index in [1.807, 2.05) is 6.92 Å². The molecule has 0 radical (unpaired) electrons. The van der Waals surface area contributed by atoms with Crippen LogP contribution in [0.2, 0.25) is 5.02 Å². The first-order valence-electron chi connectivity index (χ1n) is 11.0. The molecular formula is C27H21ClFNO5. The molecule has 2 aliphatic rings. The Labute approximate surface area is 206 Å². The highest BCUT2D eigenvalue weighted by Crippen LogP contribution is 2.43. The predicted molar refractivity (Wildman–Crippen MR) is 129 cm³/mol. The zero-order valence-corrected chi connectivity index (χ0v) is 19.7. The van der Waals surface area contributed by atoms with Crippen molar-refractivity contribution >= 4 is 34.7 Å². The van der Waals surface area contributed by atoms with Crippen LogP contribution in [0.25, 0.3) is 5.76 Å². The van der Waals surface area contributed by atoms with Crippen LogP contribution in [0.15, 0.2) is 66.2 Å². The number of ketones is 1. The van der Waals surface area contributed by atoms with Gasteiger partial charge in [-0.15, -0.1) is 0 Å². The van der Waals surface area contributed by atoms with Crippen molar-refractivity contribution in [3.8, 4) is 11.5 Å². The molecule has 3 aromatic carbocycles. The number of carbonyl (C=O) groups excluding carboxylic acids is 2. The van der Waals surface area contributed by atoms with Gasteiger partial charge in [0.15, 0.2) is 0 Å². The van der Waals surface area contributed by atoms with Gasteiger partial charge >= 0.3 is 0 Å². The molecule has 0 aromatic heterocycles. The molecule has 1 saturated heterocycles. The number of Topliss-reactive ketones (excluding diaryl/α,β-unsaturated/α-hetero) is 1.